The Morgan fingerprint density at radius 2 is 1.64 bits per heavy atom. The van der Waals surface area contributed by atoms with Crippen molar-refractivity contribution in [1.82, 2.24) is 5.32 Å². The Morgan fingerprint density at radius 1 is 1.03 bits per heavy atom. The Kier molecular flexibility index (Phi) is 18.2. The lowest BCUT2D eigenvalue weighted by Gasteiger charge is -2.28. The zero-order chi connectivity index (χ0) is 26.7. The van der Waals surface area contributed by atoms with Crippen LogP contribution in [0.2, 0.25) is 0 Å². The fourth-order valence-corrected chi connectivity index (χ4v) is 4.51. The number of alkyl carbamates (subject to hydrolysis) is 1. The van der Waals surface area contributed by atoms with Crippen LogP contribution in [0.3, 0.4) is 0 Å². The average molecular weight is 512 g/mol. The minimum absolute atomic E-state index is 0.184. The first kappa shape index (κ1) is 32.9. The van der Waals surface area contributed by atoms with E-state index >= 15 is 0 Å². The summed E-state index contributed by atoms with van der Waals surface area (Å²) in [6.45, 7) is 10.8. The van der Waals surface area contributed by atoms with Crippen molar-refractivity contribution in [3.63, 3.8) is 0 Å². The van der Waals surface area contributed by atoms with Gasteiger partial charge in [-0.15, -0.1) is 0 Å². The number of ether oxygens (including phenoxy) is 3. The molecule has 1 aliphatic heterocycles. The van der Waals surface area contributed by atoms with Gasteiger partial charge >= 0.3 is 6.09 Å². The first-order chi connectivity index (χ1) is 17.2. The zero-order valence-corrected chi connectivity index (χ0v) is 24.1. The molecule has 6 heteroatoms. The molecule has 1 aliphatic rings. The van der Waals surface area contributed by atoms with Crippen LogP contribution in [0.5, 0.6) is 0 Å². The van der Waals surface area contributed by atoms with Crippen LogP contribution in [-0.2, 0) is 14.2 Å². The smallest absolute Gasteiger partial charge is 0.407 e. The summed E-state index contributed by atoms with van der Waals surface area (Å²) >= 11 is 0. The Morgan fingerprint density at radius 3 is 2.19 bits per heavy atom. The number of hydrogen-bond donors (Lipinski definition) is 2. The van der Waals surface area contributed by atoms with Crippen LogP contribution in [0.4, 0.5) is 4.79 Å². The summed E-state index contributed by atoms with van der Waals surface area (Å²) in [5, 5.41) is 13.9. The van der Waals surface area contributed by atoms with E-state index in [0.717, 1.165) is 44.3 Å². The minimum atomic E-state index is -0.777. The largest absolute Gasteiger partial charge is 0.444 e. The second kappa shape index (κ2) is 19.9. The van der Waals surface area contributed by atoms with Crippen LogP contribution in [-0.4, -0.2) is 48.5 Å². The fraction of sp³-hybridized carbons (Fsp3) is 0.900. The van der Waals surface area contributed by atoms with Crippen LogP contribution in [0, 0.1) is 0 Å². The molecule has 2 N–H and O–H groups in total. The van der Waals surface area contributed by atoms with E-state index in [9.17, 15) is 9.90 Å². The van der Waals surface area contributed by atoms with Crippen molar-refractivity contribution >= 4 is 6.09 Å². The Hall–Kier alpha value is -1.11. The van der Waals surface area contributed by atoms with Gasteiger partial charge in [-0.1, -0.05) is 77.2 Å². The molecule has 0 aromatic heterocycles. The predicted octanol–water partition coefficient (Wildman–Crippen LogP) is 7.82. The number of rotatable bonds is 19. The van der Waals surface area contributed by atoms with Crippen molar-refractivity contribution in [3.05, 3.63) is 11.6 Å². The summed E-state index contributed by atoms with van der Waals surface area (Å²) in [5.74, 6) is 0. The van der Waals surface area contributed by atoms with E-state index in [2.05, 4.69) is 18.3 Å². The number of aliphatic hydroxyl groups excluding tert-OH is 1. The molecule has 0 aliphatic carbocycles. The number of nitrogens with one attached hydrogen (secondary N) is 1. The van der Waals surface area contributed by atoms with E-state index in [-0.39, 0.29) is 6.29 Å². The maximum atomic E-state index is 12.4. The number of hydrogen-bond acceptors (Lipinski definition) is 5. The molecule has 1 amide bonds. The highest BCUT2D eigenvalue weighted by Gasteiger charge is 2.26. The van der Waals surface area contributed by atoms with Crippen LogP contribution < -0.4 is 5.32 Å². The highest BCUT2D eigenvalue weighted by Crippen LogP contribution is 2.18. The van der Waals surface area contributed by atoms with Crippen molar-refractivity contribution in [2.45, 2.75) is 161 Å². The summed E-state index contributed by atoms with van der Waals surface area (Å²) in [6.07, 6.45) is 19.7. The number of carbonyl (C=O) groups excluding carboxylic acids is 1. The molecule has 1 fully saturated rings. The number of unbranched alkanes of at least 4 members (excludes halogenated alkanes) is 11. The molecule has 1 rings (SSSR count). The second-order valence-electron chi connectivity index (χ2n) is 11.4. The quantitative estimate of drug-likeness (QED) is 0.136. The fourth-order valence-electron chi connectivity index (χ4n) is 4.51. The Labute approximate surface area is 221 Å². The van der Waals surface area contributed by atoms with E-state index in [0.29, 0.717) is 13.0 Å². The highest BCUT2D eigenvalue weighted by molar-refractivity contribution is 5.68. The average Bonchev–Trinajstić information content (AvgIpc) is 2.83. The van der Waals surface area contributed by atoms with Crippen LogP contribution >= 0.6 is 0 Å². The Bertz CT molecular complexity index is 580. The number of allylic oxidation sites excluding steroid dienone is 1. The molecule has 3 atom stereocenters. The lowest BCUT2D eigenvalue weighted by atomic mass is 9.99. The van der Waals surface area contributed by atoms with E-state index in [4.69, 9.17) is 14.2 Å². The number of amides is 1. The molecule has 0 spiro atoms. The zero-order valence-electron chi connectivity index (χ0n) is 24.1. The summed E-state index contributed by atoms with van der Waals surface area (Å²) < 4.78 is 16.9. The normalized spacial score (nSPS) is 18.6. The van der Waals surface area contributed by atoms with Gasteiger partial charge < -0.3 is 24.6 Å². The van der Waals surface area contributed by atoms with Crippen LogP contribution in [0.15, 0.2) is 11.6 Å². The first-order valence-electron chi connectivity index (χ1n) is 14.8. The topological polar surface area (TPSA) is 77.0 Å². The summed E-state index contributed by atoms with van der Waals surface area (Å²) in [5.41, 5.74) is 0.295. The van der Waals surface area contributed by atoms with Gasteiger partial charge in [-0.05, 0) is 71.8 Å². The summed E-state index contributed by atoms with van der Waals surface area (Å²) in [4.78, 5) is 12.4. The SMILES string of the molecule is CCCCCCCCCCCCC/C=C(/C)[C@@H](O)[C@H](CCOC1CCCCO1)NC(=O)OC(C)(C)C. The van der Waals surface area contributed by atoms with Crippen molar-refractivity contribution < 1.29 is 24.1 Å². The molecule has 0 saturated carbocycles. The van der Waals surface area contributed by atoms with Crippen LogP contribution in [0.1, 0.15) is 137 Å². The standard InChI is InChI=1S/C30H57NO5/c1-6-7-8-9-10-11-12-13-14-15-16-17-20-25(2)28(32)26(31-29(33)36-30(3,4)5)22-24-35-27-21-18-19-23-34-27/h20,26-28,32H,6-19,21-24H2,1-5H3,(H,31,33)/b25-20-/t26-,27?,28+/m0/s1. The molecule has 36 heavy (non-hydrogen) atoms. The van der Waals surface area contributed by atoms with Gasteiger partial charge in [-0.25, -0.2) is 4.79 Å². The monoisotopic (exact) mass is 511 g/mol. The molecule has 6 nitrogen and oxygen atoms in total. The predicted molar refractivity (Wildman–Crippen MR) is 148 cm³/mol. The van der Waals surface area contributed by atoms with Gasteiger partial charge in [0.15, 0.2) is 6.29 Å². The molecule has 1 heterocycles. The summed E-state index contributed by atoms with van der Waals surface area (Å²) in [7, 11) is 0. The van der Waals surface area contributed by atoms with E-state index in [1.54, 1.807) is 0 Å². The van der Waals surface area contributed by atoms with Crippen molar-refractivity contribution in [2.75, 3.05) is 13.2 Å². The maximum Gasteiger partial charge on any atom is 0.407 e. The van der Waals surface area contributed by atoms with Crippen LogP contribution in [0.25, 0.3) is 0 Å². The van der Waals surface area contributed by atoms with Gasteiger partial charge in [0.2, 0.25) is 0 Å². The number of aliphatic hydroxyl groups is 1. The van der Waals surface area contributed by atoms with Gasteiger partial charge in [0.25, 0.3) is 0 Å². The third-order valence-electron chi connectivity index (χ3n) is 6.69. The Balaban J connectivity index is 2.38. The molecule has 1 saturated heterocycles. The molecule has 0 aromatic carbocycles. The molecule has 0 aromatic rings. The maximum absolute atomic E-state index is 12.4. The number of carbonyl (C=O) groups is 1. The van der Waals surface area contributed by atoms with Gasteiger partial charge in [0, 0.05) is 6.61 Å². The first-order valence-corrected chi connectivity index (χ1v) is 14.8. The van der Waals surface area contributed by atoms with Gasteiger partial charge in [-0.3, -0.25) is 0 Å². The van der Waals surface area contributed by atoms with Crippen molar-refractivity contribution in [2.24, 2.45) is 0 Å². The molecule has 0 radical (unpaired) electrons. The van der Waals surface area contributed by atoms with E-state index < -0.39 is 23.8 Å². The molecule has 1 unspecified atom stereocenters. The third-order valence-corrected chi connectivity index (χ3v) is 6.69. The van der Waals surface area contributed by atoms with E-state index in [1.165, 1.54) is 64.2 Å². The molecule has 0 bridgehead atoms. The highest BCUT2D eigenvalue weighted by atomic mass is 16.7. The van der Waals surface area contributed by atoms with Gasteiger partial charge in [-0.2, -0.15) is 0 Å². The third kappa shape index (κ3) is 17.4. The summed E-state index contributed by atoms with van der Waals surface area (Å²) in [6, 6.07) is -0.475. The molecule has 212 valence electrons. The molecular weight excluding hydrogens is 454 g/mol. The lowest BCUT2D eigenvalue weighted by Crippen LogP contribution is -2.46. The van der Waals surface area contributed by atoms with Crippen molar-refractivity contribution in [3.8, 4) is 0 Å². The second-order valence-corrected chi connectivity index (χ2v) is 11.4. The van der Waals surface area contributed by atoms with E-state index in [1.807, 2.05) is 27.7 Å². The molecular formula is C30H57NO5. The van der Waals surface area contributed by atoms with Gasteiger partial charge in [0.05, 0.1) is 18.8 Å². The van der Waals surface area contributed by atoms with Crippen molar-refractivity contribution in [1.29, 1.82) is 0 Å². The minimum Gasteiger partial charge on any atom is -0.444 e. The van der Waals surface area contributed by atoms with Gasteiger partial charge in [0.1, 0.15) is 5.60 Å². The lowest BCUT2D eigenvalue weighted by molar-refractivity contribution is -0.164.